The number of amides is 3. The van der Waals surface area contributed by atoms with E-state index in [1.807, 2.05) is 71.9 Å². The topological polar surface area (TPSA) is 115 Å². The van der Waals surface area contributed by atoms with Gasteiger partial charge < -0.3 is 10.1 Å². The second kappa shape index (κ2) is 16.9. The predicted octanol–water partition coefficient (Wildman–Crippen LogP) is 4.27. The monoisotopic (exact) mass is 493 g/mol. The van der Waals surface area contributed by atoms with Crippen LogP contribution in [0.15, 0.2) is 30.3 Å². The van der Waals surface area contributed by atoms with Gasteiger partial charge in [0.25, 0.3) is 0 Å². The number of hydrogen-bond donors (Lipinski definition) is 3. The fourth-order valence-electron chi connectivity index (χ4n) is 3.28. The molecule has 1 aromatic carbocycles. The van der Waals surface area contributed by atoms with Gasteiger partial charge in [-0.05, 0) is 36.2 Å². The van der Waals surface area contributed by atoms with E-state index in [0.717, 1.165) is 5.56 Å². The van der Waals surface area contributed by atoms with Crippen LogP contribution in [0.25, 0.3) is 0 Å². The van der Waals surface area contributed by atoms with Crippen LogP contribution in [0.5, 0.6) is 0 Å². The van der Waals surface area contributed by atoms with E-state index < -0.39 is 24.2 Å². The Morgan fingerprint density at radius 3 is 1.83 bits per heavy atom. The van der Waals surface area contributed by atoms with Crippen molar-refractivity contribution in [1.82, 2.24) is 16.3 Å². The molecule has 0 spiro atoms. The average molecular weight is 494 g/mol. The first kappa shape index (κ1) is 30.4. The summed E-state index contributed by atoms with van der Waals surface area (Å²) in [7, 11) is 0. The predicted molar refractivity (Wildman–Crippen MR) is 134 cm³/mol. The fraction of sp³-hybridized carbons (Fsp3) is 0.654. The highest BCUT2D eigenvalue weighted by atomic mass is 16.7. The number of hydrogen-bond acceptors (Lipinski definition) is 6. The van der Waals surface area contributed by atoms with E-state index in [1.54, 1.807) is 0 Å². The molecule has 0 aliphatic heterocycles. The highest BCUT2D eigenvalue weighted by Gasteiger charge is 2.21. The quantitative estimate of drug-likeness (QED) is 0.296. The van der Waals surface area contributed by atoms with Crippen LogP contribution in [0.2, 0.25) is 0 Å². The van der Waals surface area contributed by atoms with E-state index in [9.17, 15) is 14.4 Å². The largest absolute Gasteiger partial charge is 0.443 e. The first-order chi connectivity index (χ1) is 16.5. The van der Waals surface area contributed by atoms with Gasteiger partial charge in [0, 0.05) is 6.54 Å². The van der Waals surface area contributed by atoms with E-state index in [2.05, 4.69) is 16.3 Å². The molecule has 3 N–H and O–H groups in total. The van der Waals surface area contributed by atoms with Crippen LogP contribution >= 0.6 is 0 Å². The van der Waals surface area contributed by atoms with Crippen LogP contribution in [0.1, 0.15) is 72.8 Å². The minimum absolute atomic E-state index is 0.0227. The summed E-state index contributed by atoms with van der Waals surface area (Å²) in [4.78, 5) is 47.7. The van der Waals surface area contributed by atoms with Gasteiger partial charge in [0.15, 0.2) is 0 Å². The molecule has 0 aliphatic rings. The number of carbonyl (C=O) groups is 3. The number of benzene rings is 1. The van der Waals surface area contributed by atoms with Crippen molar-refractivity contribution in [2.24, 2.45) is 17.8 Å². The molecule has 35 heavy (non-hydrogen) atoms. The average Bonchev–Trinajstić information content (AvgIpc) is 2.78. The third kappa shape index (κ3) is 15.8. The van der Waals surface area contributed by atoms with Crippen molar-refractivity contribution in [2.45, 2.75) is 86.0 Å². The van der Waals surface area contributed by atoms with Gasteiger partial charge in [0.1, 0.15) is 6.61 Å². The van der Waals surface area contributed by atoms with Crippen molar-refractivity contribution in [3.05, 3.63) is 35.9 Å². The van der Waals surface area contributed by atoms with E-state index >= 15 is 0 Å². The Bertz CT molecular complexity index is 755. The highest BCUT2D eigenvalue weighted by molar-refractivity contribution is 5.77. The van der Waals surface area contributed by atoms with E-state index in [1.165, 1.54) is 0 Å². The van der Waals surface area contributed by atoms with Crippen molar-refractivity contribution in [1.29, 1.82) is 0 Å². The van der Waals surface area contributed by atoms with E-state index in [-0.39, 0.29) is 37.2 Å². The molecule has 198 valence electrons. The van der Waals surface area contributed by atoms with Crippen molar-refractivity contribution in [2.75, 3.05) is 6.54 Å². The Balaban J connectivity index is 2.51. The Kier molecular flexibility index (Phi) is 14.7. The second-order valence-electron chi connectivity index (χ2n) is 10.0. The fourth-order valence-corrected chi connectivity index (χ4v) is 3.28. The molecule has 0 bridgehead atoms. The Hall–Kier alpha value is -2.65. The van der Waals surface area contributed by atoms with Gasteiger partial charge in [-0.25, -0.2) is 10.3 Å². The van der Waals surface area contributed by atoms with Crippen LogP contribution in [0.4, 0.5) is 4.79 Å². The maximum atomic E-state index is 12.5. The minimum Gasteiger partial charge on any atom is -0.443 e. The smallest absolute Gasteiger partial charge is 0.431 e. The molecule has 9 nitrogen and oxygen atoms in total. The standard InChI is InChI=1S/C26H43N3O6/c1-18(2)12-22(14-24(30)27-16-20(5)6)34-28-25(31)15-23(13-19(3)4)35-29-26(32)33-17-21-10-8-7-9-11-21/h7-11,18-20,22-23H,12-17H2,1-6H3,(H,27,30)(H,28,31)(H,29,32)/t22-,23-/m1/s1. The summed E-state index contributed by atoms with van der Waals surface area (Å²) in [6, 6.07) is 9.29. The van der Waals surface area contributed by atoms with Gasteiger partial charge in [0.2, 0.25) is 11.8 Å². The highest BCUT2D eigenvalue weighted by Crippen LogP contribution is 2.13. The Morgan fingerprint density at radius 2 is 1.29 bits per heavy atom. The van der Waals surface area contributed by atoms with Crippen LogP contribution in [0.3, 0.4) is 0 Å². The molecule has 0 saturated heterocycles. The molecule has 0 heterocycles. The van der Waals surface area contributed by atoms with Gasteiger partial charge in [0.05, 0.1) is 25.0 Å². The van der Waals surface area contributed by atoms with Crippen molar-refractivity contribution in [3.8, 4) is 0 Å². The minimum atomic E-state index is -0.733. The van der Waals surface area contributed by atoms with E-state index in [4.69, 9.17) is 14.4 Å². The Labute approximate surface area is 209 Å². The van der Waals surface area contributed by atoms with Gasteiger partial charge in [-0.2, -0.15) is 5.48 Å². The summed E-state index contributed by atoms with van der Waals surface area (Å²) in [5.41, 5.74) is 5.58. The van der Waals surface area contributed by atoms with Crippen LogP contribution in [-0.4, -0.2) is 36.7 Å². The molecule has 3 amide bonds. The molecule has 0 aromatic heterocycles. The summed E-state index contributed by atoms with van der Waals surface area (Å²) in [5.74, 6) is 0.363. The molecule has 2 atom stereocenters. The summed E-state index contributed by atoms with van der Waals surface area (Å²) >= 11 is 0. The molecule has 0 saturated carbocycles. The first-order valence-electron chi connectivity index (χ1n) is 12.4. The zero-order valence-electron chi connectivity index (χ0n) is 22.0. The van der Waals surface area contributed by atoms with Crippen LogP contribution in [0, 0.1) is 17.8 Å². The van der Waals surface area contributed by atoms with Crippen molar-refractivity contribution in [3.63, 3.8) is 0 Å². The normalized spacial score (nSPS) is 12.9. The molecule has 9 heteroatoms. The summed E-state index contributed by atoms with van der Waals surface area (Å²) in [6.07, 6.45) is -0.446. The molecule has 1 aromatic rings. The number of nitrogens with one attached hydrogen (secondary N) is 3. The number of carbonyl (C=O) groups excluding carboxylic acids is 3. The maximum Gasteiger partial charge on any atom is 0.431 e. The van der Waals surface area contributed by atoms with Crippen molar-refractivity contribution < 1.29 is 28.8 Å². The lowest BCUT2D eigenvalue weighted by molar-refractivity contribution is -0.147. The van der Waals surface area contributed by atoms with Crippen molar-refractivity contribution >= 4 is 17.9 Å². The van der Waals surface area contributed by atoms with Crippen LogP contribution in [-0.2, 0) is 30.6 Å². The SMILES string of the molecule is CC(C)CNC(=O)C[C@@H](CC(C)C)ONC(=O)C[C@@H](CC(C)C)ONC(=O)OCc1ccccc1. The van der Waals surface area contributed by atoms with Gasteiger partial charge in [-0.15, -0.1) is 0 Å². The molecule has 0 radical (unpaired) electrons. The molecular weight excluding hydrogens is 450 g/mol. The lowest BCUT2D eigenvalue weighted by Gasteiger charge is -2.22. The third-order valence-corrected chi connectivity index (χ3v) is 4.86. The molecule has 1 rings (SSSR count). The molecule has 0 unspecified atom stereocenters. The van der Waals surface area contributed by atoms with E-state index in [0.29, 0.717) is 25.3 Å². The summed E-state index contributed by atoms with van der Waals surface area (Å²) < 4.78 is 5.14. The maximum absolute atomic E-state index is 12.5. The third-order valence-electron chi connectivity index (χ3n) is 4.86. The van der Waals surface area contributed by atoms with Gasteiger partial charge in [-0.1, -0.05) is 71.9 Å². The summed E-state index contributed by atoms with van der Waals surface area (Å²) in [5, 5.41) is 2.87. The number of ether oxygens (including phenoxy) is 1. The zero-order valence-corrected chi connectivity index (χ0v) is 22.0. The first-order valence-corrected chi connectivity index (χ1v) is 12.4. The van der Waals surface area contributed by atoms with Gasteiger partial charge >= 0.3 is 6.09 Å². The number of hydroxylamine groups is 2. The van der Waals surface area contributed by atoms with Gasteiger partial charge in [-0.3, -0.25) is 19.3 Å². The molecular formula is C26H43N3O6. The molecule has 0 fully saturated rings. The van der Waals surface area contributed by atoms with Crippen LogP contribution < -0.4 is 16.3 Å². The lowest BCUT2D eigenvalue weighted by atomic mass is 10.0. The lowest BCUT2D eigenvalue weighted by Crippen LogP contribution is -2.38. The number of rotatable bonds is 16. The molecule has 0 aliphatic carbocycles. The Morgan fingerprint density at radius 1 is 0.743 bits per heavy atom. The summed E-state index contributed by atoms with van der Waals surface area (Å²) in [6.45, 7) is 12.8. The second-order valence-corrected chi connectivity index (χ2v) is 10.0. The zero-order chi connectivity index (χ0) is 26.2.